The second kappa shape index (κ2) is 6.23. The molecule has 0 aliphatic heterocycles. The normalized spacial score (nSPS) is 10.3. The van der Waals surface area contributed by atoms with Crippen LogP contribution in [0.3, 0.4) is 0 Å². The third-order valence-corrected chi connectivity index (χ3v) is 3.57. The van der Waals surface area contributed by atoms with Crippen LogP contribution in [0.2, 0.25) is 0 Å². The van der Waals surface area contributed by atoms with E-state index in [0.717, 1.165) is 16.3 Å². The Kier molecular flexibility index (Phi) is 3.97. The zero-order valence-corrected chi connectivity index (χ0v) is 12.4. The van der Waals surface area contributed by atoms with Crippen molar-refractivity contribution in [3.8, 4) is 5.75 Å². The summed E-state index contributed by atoms with van der Waals surface area (Å²) in [6, 6.07) is 20.3. The van der Waals surface area contributed by atoms with Crippen LogP contribution in [0, 0.1) is 0 Å². The largest absolute Gasteiger partial charge is 0.507 e. The van der Waals surface area contributed by atoms with Crippen LogP contribution in [-0.2, 0) is 0 Å². The number of carbonyl (C=O) groups is 1. The molecule has 0 saturated heterocycles. The summed E-state index contributed by atoms with van der Waals surface area (Å²) in [4.78, 5) is 12.0. The number of phenols is 1. The summed E-state index contributed by atoms with van der Waals surface area (Å²) >= 11 is 0. The molecular weight excluding hydrogens is 288 g/mol. The minimum absolute atomic E-state index is 0.0666. The lowest BCUT2D eigenvalue weighted by atomic mass is 10.1. The number of nitrogens with one attached hydrogen (secondary N) is 2. The molecule has 0 aliphatic carbocycles. The van der Waals surface area contributed by atoms with Gasteiger partial charge in [0.2, 0.25) is 0 Å². The summed E-state index contributed by atoms with van der Waals surface area (Å²) in [6.45, 7) is 3.93. The van der Waals surface area contributed by atoms with Gasteiger partial charge in [-0.15, -0.1) is 0 Å². The fourth-order valence-corrected chi connectivity index (χ4v) is 2.31. The van der Waals surface area contributed by atoms with Crippen LogP contribution in [0.5, 0.6) is 5.75 Å². The van der Waals surface area contributed by atoms with E-state index in [-0.39, 0.29) is 11.3 Å². The number of hydrazine groups is 1. The summed E-state index contributed by atoms with van der Waals surface area (Å²) in [7, 11) is 0. The minimum Gasteiger partial charge on any atom is -0.507 e. The fraction of sp³-hybridized carbons (Fsp3) is 0. The quantitative estimate of drug-likeness (QED) is 0.647. The lowest BCUT2D eigenvalue weighted by molar-refractivity contribution is 0.0940. The molecule has 114 valence electrons. The second-order valence-corrected chi connectivity index (χ2v) is 5.14. The molecule has 0 aromatic heterocycles. The van der Waals surface area contributed by atoms with Gasteiger partial charge < -0.3 is 5.11 Å². The van der Waals surface area contributed by atoms with Gasteiger partial charge in [-0.05, 0) is 34.5 Å². The number of aromatic hydroxyl groups is 1. The highest BCUT2D eigenvalue weighted by Crippen LogP contribution is 2.19. The maximum Gasteiger partial charge on any atom is 0.273 e. The number of benzene rings is 3. The summed E-state index contributed by atoms with van der Waals surface area (Å²) in [5, 5.41) is 11.9. The first-order valence-corrected chi connectivity index (χ1v) is 7.17. The highest BCUT2D eigenvalue weighted by atomic mass is 16.3. The fourth-order valence-electron chi connectivity index (χ4n) is 2.31. The van der Waals surface area contributed by atoms with Gasteiger partial charge in [0.05, 0.1) is 11.3 Å². The molecule has 4 nitrogen and oxygen atoms in total. The lowest BCUT2D eigenvalue weighted by Crippen LogP contribution is -2.35. The van der Waals surface area contributed by atoms with Crippen molar-refractivity contribution in [3.05, 3.63) is 84.4 Å². The van der Waals surface area contributed by atoms with E-state index in [2.05, 4.69) is 17.4 Å². The molecule has 0 bridgehead atoms. The first-order chi connectivity index (χ1) is 11.1. The van der Waals surface area contributed by atoms with Crippen molar-refractivity contribution >= 4 is 22.4 Å². The Bertz CT molecular complexity index is 887. The molecule has 0 spiro atoms. The topological polar surface area (TPSA) is 61.4 Å². The van der Waals surface area contributed by atoms with E-state index < -0.39 is 5.91 Å². The van der Waals surface area contributed by atoms with Gasteiger partial charge in [0.15, 0.2) is 0 Å². The molecule has 0 heterocycles. The monoisotopic (exact) mass is 304 g/mol. The number of rotatable bonds is 4. The van der Waals surface area contributed by atoms with Gasteiger partial charge in [0.25, 0.3) is 5.91 Å². The Morgan fingerprint density at radius 3 is 2.35 bits per heavy atom. The molecule has 0 fully saturated rings. The number of carbonyl (C=O) groups excluding carboxylic acids is 1. The molecule has 3 N–H and O–H groups in total. The number of fused-ring (bicyclic) bond motifs is 1. The van der Waals surface area contributed by atoms with E-state index >= 15 is 0 Å². The van der Waals surface area contributed by atoms with Crippen molar-refractivity contribution in [2.45, 2.75) is 0 Å². The number of hydrogen-bond donors (Lipinski definition) is 3. The van der Waals surface area contributed by atoms with E-state index in [4.69, 9.17) is 0 Å². The lowest BCUT2D eigenvalue weighted by Gasteiger charge is -2.12. The Morgan fingerprint density at radius 1 is 0.870 bits per heavy atom. The third kappa shape index (κ3) is 3.16. The molecule has 3 rings (SSSR count). The van der Waals surface area contributed by atoms with Crippen LogP contribution in [0.25, 0.3) is 16.5 Å². The van der Waals surface area contributed by atoms with Gasteiger partial charge in [-0.25, -0.2) is 0 Å². The molecule has 3 aromatic carbocycles. The van der Waals surface area contributed by atoms with E-state index in [1.54, 1.807) is 18.2 Å². The van der Waals surface area contributed by atoms with Crippen LogP contribution >= 0.6 is 0 Å². The maximum atomic E-state index is 12.0. The smallest absolute Gasteiger partial charge is 0.273 e. The third-order valence-electron chi connectivity index (χ3n) is 3.57. The van der Waals surface area contributed by atoms with Crippen LogP contribution in [0.15, 0.2) is 73.3 Å². The van der Waals surface area contributed by atoms with Crippen LogP contribution < -0.4 is 10.9 Å². The molecule has 1 amide bonds. The second-order valence-electron chi connectivity index (χ2n) is 5.14. The number of hydrogen-bond acceptors (Lipinski definition) is 3. The Hall–Kier alpha value is -3.27. The number of amides is 1. The van der Waals surface area contributed by atoms with Crippen molar-refractivity contribution in [1.82, 2.24) is 10.9 Å². The predicted molar refractivity (Wildman–Crippen MR) is 91.7 cm³/mol. The van der Waals surface area contributed by atoms with E-state index in [1.165, 1.54) is 6.07 Å². The van der Waals surface area contributed by atoms with Gasteiger partial charge in [0, 0.05) is 0 Å². The number of phenolic OH excluding ortho intramolecular Hbond substituents is 1. The molecule has 0 radical (unpaired) electrons. The van der Waals surface area contributed by atoms with Crippen molar-refractivity contribution in [2.24, 2.45) is 0 Å². The van der Waals surface area contributed by atoms with Crippen molar-refractivity contribution < 1.29 is 9.90 Å². The van der Waals surface area contributed by atoms with Gasteiger partial charge >= 0.3 is 0 Å². The van der Waals surface area contributed by atoms with Gasteiger partial charge in [-0.3, -0.25) is 15.6 Å². The Morgan fingerprint density at radius 2 is 1.57 bits per heavy atom. The zero-order valence-electron chi connectivity index (χ0n) is 12.4. The molecule has 0 atom stereocenters. The highest BCUT2D eigenvalue weighted by Gasteiger charge is 2.10. The highest BCUT2D eigenvalue weighted by molar-refractivity contribution is 5.97. The average Bonchev–Trinajstić information content (AvgIpc) is 2.59. The Balaban J connectivity index is 1.71. The van der Waals surface area contributed by atoms with Crippen LogP contribution in [-0.4, -0.2) is 11.0 Å². The molecule has 0 saturated carbocycles. The summed E-state index contributed by atoms with van der Waals surface area (Å²) < 4.78 is 0. The zero-order chi connectivity index (χ0) is 16.2. The van der Waals surface area contributed by atoms with Crippen molar-refractivity contribution in [1.29, 1.82) is 0 Å². The van der Waals surface area contributed by atoms with Gasteiger partial charge in [-0.2, -0.15) is 0 Å². The predicted octanol–water partition coefficient (Wildman–Crippen LogP) is 3.45. The molecular formula is C19H16N2O2. The summed E-state index contributed by atoms with van der Waals surface area (Å²) in [6.07, 6.45) is 0. The van der Waals surface area contributed by atoms with Crippen LogP contribution in [0.1, 0.15) is 15.9 Å². The van der Waals surface area contributed by atoms with E-state index in [9.17, 15) is 9.90 Å². The first kappa shape index (κ1) is 14.7. The maximum absolute atomic E-state index is 12.0. The molecule has 0 unspecified atom stereocenters. The van der Waals surface area contributed by atoms with Crippen LogP contribution in [0.4, 0.5) is 0 Å². The standard InChI is InChI=1S/C19H16N2O2/c1-13(15-11-10-14-6-2-3-7-16(14)12-15)20-21-19(23)17-8-4-5-9-18(17)22/h2-12,20,22H,1H2,(H,21,23). The molecule has 4 heteroatoms. The molecule has 3 aromatic rings. The summed E-state index contributed by atoms with van der Waals surface area (Å²) in [5.74, 6) is -0.492. The van der Waals surface area contributed by atoms with Crippen molar-refractivity contribution in [2.75, 3.05) is 0 Å². The first-order valence-electron chi connectivity index (χ1n) is 7.17. The Labute approximate surface area is 134 Å². The minimum atomic E-state index is -0.426. The average molecular weight is 304 g/mol. The number of para-hydroxylation sites is 1. The van der Waals surface area contributed by atoms with Gasteiger partial charge in [0.1, 0.15) is 5.75 Å². The SMILES string of the molecule is C=C(NNC(=O)c1ccccc1O)c1ccc2ccccc2c1. The van der Waals surface area contributed by atoms with Crippen molar-refractivity contribution in [3.63, 3.8) is 0 Å². The van der Waals surface area contributed by atoms with Gasteiger partial charge in [-0.1, -0.05) is 55.1 Å². The van der Waals surface area contributed by atoms with E-state index in [1.807, 2.05) is 42.5 Å². The molecule has 0 aliphatic rings. The summed E-state index contributed by atoms with van der Waals surface area (Å²) in [5.41, 5.74) is 6.97. The van der Waals surface area contributed by atoms with E-state index in [0.29, 0.717) is 5.70 Å². The molecule has 23 heavy (non-hydrogen) atoms.